The lowest BCUT2D eigenvalue weighted by molar-refractivity contribution is -0.115. The standard InChI is InChI=1S/C11H12N2O2/c1-7(11(6-14)8(2)15)10-4-12-9(3)13-5-10/h4-6H,1-3H3/b11-7+. The van der Waals surface area contributed by atoms with Gasteiger partial charge in [-0.1, -0.05) is 0 Å². The van der Waals surface area contributed by atoms with Crippen LogP contribution in [0.5, 0.6) is 0 Å². The number of aromatic nitrogens is 2. The van der Waals surface area contributed by atoms with E-state index >= 15 is 0 Å². The van der Waals surface area contributed by atoms with Crippen molar-refractivity contribution >= 4 is 17.6 Å². The fourth-order valence-corrected chi connectivity index (χ4v) is 1.18. The molecule has 1 rings (SSSR count). The van der Waals surface area contributed by atoms with Crippen LogP contribution in [0.1, 0.15) is 25.2 Å². The highest BCUT2D eigenvalue weighted by molar-refractivity contribution is 6.16. The summed E-state index contributed by atoms with van der Waals surface area (Å²) < 4.78 is 0. The van der Waals surface area contributed by atoms with Crippen LogP contribution < -0.4 is 0 Å². The van der Waals surface area contributed by atoms with Crippen molar-refractivity contribution in [2.45, 2.75) is 20.8 Å². The number of allylic oxidation sites excluding steroid dienone is 2. The predicted octanol–water partition coefficient (Wildman–Crippen LogP) is 1.35. The molecular weight excluding hydrogens is 192 g/mol. The SMILES string of the molecule is CC(=O)/C(C=O)=C(\C)c1cnc(C)nc1. The van der Waals surface area contributed by atoms with Gasteiger partial charge in [-0.25, -0.2) is 9.97 Å². The van der Waals surface area contributed by atoms with Crippen molar-refractivity contribution in [3.05, 3.63) is 29.4 Å². The molecule has 0 unspecified atom stereocenters. The first-order chi connectivity index (χ1) is 7.06. The molecule has 78 valence electrons. The smallest absolute Gasteiger partial charge is 0.163 e. The van der Waals surface area contributed by atoms with Gasteiger partial charge in [0.05, 0.1) is 5.57 Å². The van der Waals surface area contributed by atoms with Crippen LogP contribution in [0.4, 0.5) is 0 Å². The minimum absolute atomic E-state index is 0.169. The third-order valence-electron chi connectivity index (χ3n) is 2.12. The Labute approximate surface area is 88.1 Å². The van der Waals surface area contributed by atoms with Gasteiger partial charge in [0, 0.05) is 18.0 Å². The first-order valence-electron chi connectivity index (χ1n) is 4.52. The lowest BCUT2D eigenvalue weighted by Gasteiger charge is -2.03. The third kappa shape index (κ3) is 2.56. The molecular formula is C11H12N2O2. The molecule has 0 bridgehead atoms. The Morgan fingerprint density at radius 1 is 1.27 bits per heavy atom. The molecule has 0 aromatic carbocycles. The van der Waals surface area contributed by atoms with Gasteiger partial charge in [-0.15, -0.1) is 0 Å². The van der Waals surface area contributed by atoms with E-state index in [1.807, 2.05) is 0 Å². The van der Waals surface area contributed by atoms with Crippen molar-refractivity contribution in [1.29, 1.82) is 0 Å². The Morgan fingerprint density at radius 3 is 2.20 bits per heavy atom. The fourth-order valence-electron chi connectivity index (χ4n) is 1.18. The second-order valence-electron chi connectivity index (χ2n) is 3.23. The molecule has 0 fully saturated rings. The number of hydrogen-bond donors (Lipinski definition) is 0. The zero-order valence-corrected chi connectivity index (χ0v) is 8.94. The second kappa shape index (κ2) is 4.59. The lowest BCUT2D eigenvalue weighted by atomic mass is 10.0. The van der Waals surface area contributed by atoms with Gasteiger partial charge in [0.25, 0.3) is 0 Å². The molecule has 0 atom stereocenters. The lowest BCUT2D eigenvalue weighted by Crippen LogP contribution is -2.02. The molecule has 4 heteroatoms. The van der Waals surface area contributed by atoms with Gasteiger partial charge in [0.2, 0.25) is 0 Å². The summed E-state index contributed by atoms with van der Waals surface area (Å²) in [6.07, 6.45) is 3.77. The van der Waals surface area contributed by atoms with Crippen LogP contribution in [0.2, 0.25) is 0 Å². The van der Waals surface area contributed by atoms with E-state index in [1.54, 1.807) is 26.2 Å². The van der Waals surface area contributed by atoms with Crippen LogP contribution in [0.25, 0.3) is 5.57 Å². The Morgan fingerprint density at radius 2 is 1.80 bits per heavy atom. The normalized spacial score (nSPS) is 11.9. The number of carbonyl (C=O) groups is 2. The largest absolute Gasteiger partial charge is 0.298 e. The zero-order valence-electron chi connectivity index (χ0n) is 8.94. The maximum Gasteiger partial charge on any atom is 0.163 e. The molecule has 0 amide bonds. The molecule has 15 heavy (non-hydrogen) atoms. The van der Waals surface area contributed by atoms with Gasteiger partial charge in [-0.05, 0) is 26.3 Å². The van der Waals surface area contributed by atoms with Crippen LogP contribution in [0.15, 0.2) is 18.0 Å². The average molecular weight is 204 g/mol. The first kappa shape index (κ1) is 11.2. The minimum atomic E-state index is -0.247. The third-order valence-corrected chi connectivity index (χ3v) is 2.12. The highest BCUT2D eigenvalue weighted by atomic mass is 16.1. The molecule has 0 aliphatic heterocycles. The molecule has 0 aliphatic carbocycles. The number of aldehydes is 1. The second-order valence-corrected chi connectivity index (χ2v) is 3.23. The van der Waals surface area contributed by atoms with E-state index in [4.69, 9.17) is 0 Å². The molecule has 4 nitrogen and oxygen atoms in total. The van der Waals surface area contributed by atoms with Crippen LogP contribution in [-0.2, 0) is 9.59 Å². The van der Waals surface area contributed by atoms with E-state index in [9.17, 15) is 9.59 Å². The molecule has 0 radical (unpaired) electrons. The molecule has 0 saturated heterocycles. The highest BCUT2D eigenvalue weighted by Crippen LogP contribution is 2.15. The summed E-state index contributed by atoms with van der Waals surface area (Å²) in [5.74, 6) is 0.408. The Balaban J connectivity index is 3.22. The molecule has 1 aromatic heterocycles. The zero-order chi connectivity index (χ0) is 11.4. The quantitative estimate of drug-likeness (QED) is 0.322. The van der Waals surface area contributed by atoms with Crippen LogP contribution in [-0.4, -0.2) is 22.0 Å². The summed E-state index contributed by atoms with van der Waals surface area (Å²) in [4.78, 5) is 29.8. The maximum absolute atomic E-state index is 11.1. The number of rotatable bonds is 3. The number of aryl methyl sites for hydroxylation is 1. The van der Waals surface area contributed by atoms with Crippen LogP contribution in [0, 0.1) is 6.92 Å². The van der Waals surface area contributed by atoms with E-state index in [0.717, 1.165) is 0 Å². The number of hydrogen-bond acceptors (Lipinski definition) is 4. The first-order valence-corrected chi connectivity index (χ1v) is 4.52. The summed E-state index contributed by atoms with van der Waals surface area (Å²) in [6.45, 7) is 4.84. The Bertz CT molecular complexity index is 419. The van der Waals surface area contributed by atoms with Crippen LogP contribution in [0.3, 0.4) is 0 Å². The summed E-state index contributed by atoms with van der Waals surface area (Å²) in [5.41, 5.74) is 1.47. The number of ketones is 1. The maximum atomic E-state index is 11.1. The molecule has 0 N–H and O–H groups in total. The average Bonchev–Trinajstić information content (AvgIpc) is 2.19. The van der Waals surface area contributed by atoms with Gasteiger partial charge >= 0.3 is 0 Å². The van der Waals surface area contributed by atoms with Crippen molar-refractivity contribution in [2.75, 3.05) is 0 Å². The van der Waals surface area contributed by atoms with Crippen molar-refractivity contribution in [2.24, 2.45) is 0 Å². The Hall–Kier alpha value is -1.84. The predicted molar refractivity (Wildman–Crippen MR) is 56.1 cm³/mol. The number of nitrogens with zero attached hydrogens (tertiary/aromatic N) is 2. The van der Waals surface area contributed by atoms with Gasteiger partial charge in [-0.3, -0.25) is 9.59 Å². The minimum Gasteiger partial charge on any atom is -0.298 e. The van der Waals surface area contributed by atoms with Gasteiger partial charge < -0.3 is 0 Å². The summed E-state index contributed by atoms with van der Waals surface area (Å²) in [5, 5.41) is 0. The molecule has 1 heterocycles. The molecule has 1 aromatic rings. The van der Waals surface area contributed by atoms with E-state index in [0.29, 0.717) is 23.2 Å². The monoisotopic (exact) mass is 204 g/mol. The van der Waals surface area contributed by atoms with E-state index in [-0.39, 0.29) is 11.4 Å². The summed E-state index contributed by atoms with van der Waals surface area (Å²) in [6, 6.07) is 0. The fraction of sp³-hybridized carbons (Fsp3) is 0.273. The van der Waals surface area contributed by atoms with Crippen molar-refractivity contribution in [3.63, 3.8) is 0 Å². The van der Waals surface area contributed by atoms with Crippen molar-refractivity contribution in [3.8, 4) is 0 Å². The van der Waals surface area contributed by atoms with Gasteiger partial charge in [0.15, 0.2) is 12.1 Å². The van der Waals surface area contributed by atoms with Gasteiger partial charge in [0.1, 0.15) is 5.82 Å². The molecule has 0 saturated carbocycles. The van der Waals surface area contributed by atoms with Crippen LogP contribution >= 0.6 is 0 Å². The highest BCUT2D eigenvalue weighted by Gasteiger charge is 2.09. The van der Waals surface area contributed by atoms with E-state index < -0.39 is 0 Å². The topological polar surface area (TPSA) is 59.9 Å². The summed E-state index contributed by atoms with van der Waals surface area (Å²) >= 11 is 0. The number of Topliss-reactive ketones (excluding diaryl/α,β-unsaturated/α-hetero) is 1. The molecule has 0 spiro atoms. The molecule has 0 aliphatic rings. The van der Waals surface area contributed by atoms with Crippen molar-refractivity contribution < 1.29 is 9.59 Å². The van der Waals surface area contributed by atoms with Crippen molar-refractivity contribution in [1.82, 2.24) is 9.97 Å². The Kier molecular flexibility index (Phi) is 3.44. The van der Waals surface area contributed by atoms with E-state index in [2.05, 4.69) is 9.97 Å². The van der Waals surface area contributed by atoms with Gasteiger partial charge in [-0.2, -0.15) is 0 Å². The van der Waals surface area contributed by atoms with E-state index in [1.165, 1.54) is 6.92 Å². The summed E-state index contributed by atoms with van der Waals surface area (Å²) in [7, 11) is 0. The number of carbonyl (C=O) groups excluding carboxylic acids is 2.